The maximum absolute atomic E-state index is 13.5. The van der Waals surface area contributed by atoms with Gasteiger partial charge < -0.3 is 48.8 Å². The van der Waals surface area contributed by atoms with Gasteiger partial charge in [0.2, 0.25) is 11.5 Å². The monoisotopic (exact) mass is 558 g/mol. The van der Waals surface area contributed by atoms with Crippen LogP contribution >= 0.6 is 0 Å². The third-order valence-corrected chi connectivity index (χ3v) is 6.45. The Hall–Kier alpha value is -3.90. The van der Waals surface area contributed by atoms with Crippen LogP contribution in [0.15, 0.2) is 24.3 Å². The van der Waals surface area contributed by atoms with Gasteiger partial charge in [-0.3, -0.25) is 9.89 Å². The number of hydrogen-bond acceptors (Lipinski definition) is 12. The van der Waals surface area contributed by atoms with Crippen molar-refractivity contribution in [1.29, 1.82) is 0 Å². The lowest BCUT2D eigenvalue weighted by Gasteiger charge is -2.39. The van der Waals surface area contributed by atoms with Crippen molar-refractivity contribution in [1.82, 2.24) is 10.2 Å². The number of H-pyrrole nitrogens is 1. The van der Waals surface area contributed by atoms with E-state index in [0.29, 0.717) is 39.5 Å². The van der Waals surface area contributed by atoms with Gasteiger partial charge in [-0.2, -0.15) is 5.10 Å². The van der Waals surface area contributed by atoms with Gasteiger partial charge >= 0.3 is 0 Å². The minimum absolute atomic E-state index is 0.132. The van der Waals surface area contributed by atoms with E-state index >= 15 is 0 Å². The quantitative estimate of drug-likeness (QED) is 0.175. The molecule has 13 nitrogen and oxygen atoms in total. The fourth-order valence-corrected chi connectivity index (χ4v) is 4.34. The van der Waals surface area contributed by atoms with Crippen molar-refractivity contribution in [2.75, 3.05) is 41.7 Å². The van der Waals surface area contributed by atoms with Crippen molar-refractivity contribution in [3.05, 3.63) is 41.1 Å². The van der Waals surface area contributed by atoms with Crippen LogP contribution in [0.25, 0.3) is 10.9 Å². The molecule has 1 aliphatic heterocycles. The Morgan fingerprint density at radius 1 is 0.975 bits per heavy atom. The van der Waals surface area contributed by atoms with Crippen molar-refractivity contribution < 1.29 is 53.6 Å². The number of benzene rings is 2. The summed E-state index contributed by atoms with van der Waals surface area (Å²) in [5.41, 5.74) is 1.23. The van der Waals surface area contributed by atoms with Crippen molar-refractivity contribution in [2.24, 2.45) is 0 Å². The van der Waals surface area contributed by atoms with Gasteiger partial charge in [0.05, 0.1) is 46.1 Å². The largest absolute Gasteiger partial charge is 0.495 e. The van der Waals surface area contributed by atoms with Gasteiger partial charge in [0.1, 0.15) is 42.5 Å². The first-order chi connectivity index (χ1) is 19.3. The Morgan fingerprint density at radius 2 is 1.65 bits per heavy atom. The molecule has 0 amide bonds. The third-order valence-electron chi connectivity index (χ3n) is 6.45. The number of carbonyl (C=O) groups is 1. The van der Waals surface area contributed by atoms with E-state index in [1.807, 2.05) is 0 Å². The second kappa shape index (κ2) is 12.5. The predicted octanol–water partition coefficient (Wildman–Crippen LogP) is -0.00370. The summed E-state index contributed by atoms with van der Waals surface area (Å²) in [5.74, 6) is 6.68. The van der Waals surface area contributed by atoms with E-state index < -0.39 is 43.1 Å². The summed E-state index contributed by atoms with van der Waals surface area (Å²) in [6.07, 6.45) is -7.03. The van der Waals surface area contributed by atoms with E-state index in [4.69, 9.17) is 28.4 Å². The van der Waals surface area contributed by atoms with Crippen LogP contribution in [0.3, 0.4) is 0 Å². The molecule has 4 rings (SSSR count). The van der Waals surface area contributed by atoms with Gasteiger partial charge in [0.25, 0.3) is 0 Å². The first-order valence-corrected chi connectivity index (χ1v) is 12.1. The summed E-state index contributed by atoms with van der Waals surface area (Å²) < 4.78 is 32.2. The normalized spacial score (nSPS) is 22.4. The Labute approximate surface area is 229 Å². The highest BCUT2D eigenvalue weighted by Gasteiger charge is 2.43. The van der Waals surface area contributed by atoms with E-state index in [1.54, 1.807) is 12.1 Å². The number of hydrogen-bond donors (Lipinski definition) is 5. The molecular weight excluding hydrogens is 528 g/mol. The molecule has 2 heterocycles. The zero-order valence-corrected chi connectivity index (χ0v) is 22.2. The minimum Gasteiger partial charge on any atom is -0.495 e. The van der Waals surface area contributed by atoms with Crippen LogP contribution in [0.5, 0.6) is 23.0 Å². The molecule has 0 aliphatic carbocycles. The molecule has 0 bridgehead atoms. The second-order valence-electron chi connectivity index (χ2n) is 8.69. The molecule has 1 saturated heterocycles. The highest BCUT2D eigenvalue weighted by Crippen LogP contribution is 2.39. The Morgan fingerprint density at radius 3 is 2.25 bits per heavy atom. The summed E-state index contributed by atoms with van der Waals surface area (Å²) in [6.45, 7) is -0.819. The molecule has 3 aromatic rings. The molecule has 214 valence electrons. The first-order valence-electron chi connectivity index (χ1n) is 12.1. The van der Waals surface area contributed by atoms with Gasteiger partial charge in [-0.15, -0.1) is 0 Å². The van der Waals surface area contributed by atoms with Crippen molar-refractivity contribution in [3.63, 3.8) is 0 Å². The molecule has 13 heteroatoms. The van der Waals surface area contributed by atoms with Crippen LogP contribution in [-0.2, 0) is 9.47 Å². The molecule has 0 saturated carbocycles. The van der Waals surface area contributed by atoms with E-state index in [-0.39, 0.29) is 17.9 Å². The van der Waals surface area contributed by atoms with Gasteiger partial charge in [0.15, 0.2) is 17.8 Å². The molecule has 0 spiro atoms. The molecule has 2 unspecified atom stereocenters. The second-order valence-corrected chi connectivity index (χ2v) is 8.69. The van der Waals surface area contributed by atoms with Crippen LogP contribution in [0.4, 0.5) is 0 Å². The summed E-state index contributed by atoms with van der Waals surface area (Å²) in [5, 5.41) is 46.8. The van der Waals surface area contributed by atoms with Crippen molar-refractivity contribution >= 4 is 16.7 Å². The zero-order valence-electron chi connectivity index (χ0n) is 22.2. The highest BCUT2D eigenvalue weighted by atomic mass is 16.7. The molecule has 0 radical (unpaired) electrons. The number of aromatic nitrogens is 2. The third kappa shape index (κ3) is 5.41. The average Bonchev–Trinajstić information content (AvgIpc) is 3.42. The van der Waals surface area contributed by atoms with Gasteiger partial charge in [-0.05, 0) is 24.3 Å². The summed E-state index contributed by atoms with van der Waals surface area (Å²) >= 11 is 0. The SMILES string of the molecule is COc1cc(C(=O)c2n[nH]c3c(C#CCO[C@@H]4OC(CO)[C@@H](O)C(O)[C@@H]4O)c(OC)ccc23)cc(OC)c1OC. The molecular formula is C27H30N2O11. The molecule has 40 heavy (non-hydrogen) atoms. The number of nitrogens with one attached hydrogen (secondary N) is 1. The highest BCUT2D eigenvalue weighted by molar-refractivity contribution is 6.16. The summed E-state index contributed by atoms with van der Waals surface area (Å²) in [4.78, 5) is 13.5. The number of methoxy groups -OCH3 is 4. The number of aromatic amines is 1. The number of carbonyl (C=O) groups excluding carboxylic acids is 1. The Kier molecular flexibility index (Phi) is 9.10. The fourth-order valence-electron chi connectivity index (χ4n) is 4.34. The predicted molar refractivity (Wildman–Crippen MR) is 139 cm³/mol. The maximum atomic E-state index is 13.5. The molecule has 1 fully saturated rings. The summed E-state index contributed by atoms with van der Waals surface area (Å²) in [6, 6.07) is 6.39. The Balaban J connectivity index is 1.61. The first kappa shape index (κ1) is 29.1. The number of fused-ring (bicyclic) bond motifs is 1. The van der Waals surface area contributed by atoms with Gasteiger partial charge in [-0.25, -0.2) is 0 Å². The number of aliphatic hydroxyl groups excluding tert-OH is 4. The van der Waals surface area contributed by atoms with E-state index in [2.05, 4.69) is 22.0 Å². The number of nitrogens with zero attached hydrogens (tertiary/aromatic N) is 1. The molecule has 2 aromatic carbocycles. The fraction of sp³-hybridized carbons (Fsp3) is 0.407. The number of ketones is 1. The van der Waals surface area contributed by atoms with Gasteiger partial charge in [0, 0.05) is 10.9 Å². The maximum Gasteiger partial charge on any atom is 0.214 e. The Bertz CT molecular complexity index is 1400. The molecule has 1 aromatic heterocycles. The van der Waals surface area contributed by atoms with E-state index in [9.17, 15) is 25.2 Å². The molecule has 5 N–H and O–H groups in total. The topological polar surface area (TPSA) is 182 Å². The average molecular weight is 559 g/mol. The van der Waals surface area contributed by atoms with Crippen molar-refractivity contribution in [2.45, 2.75) is 30.7 Å². The molecule has 1 aliphatic rings. The summed E-state index contributed by atoms with van der Waals surface area (Å²) in [7, 11) is 5.84. The lowest BCUT2D eigenvalue weighted by atomic mass is 9.99. The van der Waals surface area contributed by atoms with Crippen LogP contribution < -0.4 is 18.9 Å². The van der Waals surface area contributed by atoms with E-state index in [0.717, 1.165) is 0 Å². The number of rotatable bonds is 9. The van der Waals surface area contributed by atoms with Crippen molar-refractivity contribution in [3.8, 4) is 34.8 Å². The van der Waals surface area contributed by atoms with E-state index in [1.165, 1.54) is 40.6 Å². The van der Waals surface area contributed by atoms with Crippen LogP contribution in [0.1, 0.15) is 21.6 Å². The van der Waals surface area contributed by atoms with Gasteiger partial charge in [-0.1, -0.05) is 11.8 Å². The van der Waals surface area contributed by atoms with Crippen LogP contribution in [0.2, 0.25) is 0 Å². The lowest BCUT2D eigenvalue weighted by Crippen LogP contribution is -2.59. The zero-order chi connectivity index (χ0) is 29.0. The standard InChI is InChI=1S/C27H30N2O11/c1-35-16-8-7-15-20(14(16)6-5-9-39-27-25(34)24(33)23(32)19(12-30)40-27)28-29-21(15)22(31)13-10-17(36-2)26(38-4)18(11-13)37-3/h7-8,10-11,19,23-25,27,30,32-34H,9,12H2,1-4H3,(H,28,29)/t19?,23-,24?,25+,27-/m1/s1. The smallest absolute Gasteiger partial charge is 0.214 e. The minimum atomic E-state index is -1.57. The van der Waals surface area contributed by atoms with Crippen LogP contribution in [-0.4, -0.2) is 109 Å². The van der Waals surface area contributed by atoms with Crippen LogP contribution in [0, 0.1) is 11.8 Å². The number of aliphatic hydroxyl groups is 4. The number of ether oxygens (including phenoxy) is 6. The molecule has 5 atom stereocenters. The lowest BCUT2D eigenvalue weighted by molar-refractivity contribution is -0.298.